The Bertz CT molecular complexity index is 412. The molecule has 17 heavy (non-hydrogen) atoms. The molecule has 0 aromatic carbocycles. The topological polar surface area (TPSA) is 62.5 Å². The number of hydrogen-bond donors (Lipinski definition) is 2. The summed E-state index contributed by atoms with van der Waals surface area (Å²) in [4.78, 5) is 10.7. The lowest BCUT2D eigenvalue weighted by Gasteiger charge is -2.16. The van der Waals surface area contributed by atoms with Crippen LogP contribution in [-0.4, -0.2) is 28.6 Å². The van der Waals surface area contributed by atoms with Gasteiger partial charge in [-0.25, -0.2) is 4.79 Å². The molecule has 1 unspecified atom stereocenters. The summed E-state index contributed by atoms with van der Waals surface area (Å²) in [5.41, 5.74) is 0. The molecule has 1 aromatic heterocycles. The molecule has 1 aromatic rings. The molecule has 1 aliphatic rings. The van der Waals surface area contributed by atoms with Gasteiger partial charge in [-0.05, 0) is 38.2 Å². The van der Waals surface area contributed by atoms with Crippen molar-refractivity contribution in [3.8, 4) is 0 Å². The Balaban J connectivity index is 1.90. The van der Waals surface area contributed by atoms with Crippen molar-refractivity contribution >= 4 is 17.7 Å². The number of hydrogen-bond acceptors (Lipinski definition) is 4. The van der Waals surface area contributed by atoms with Gasteiger partial charge in [0.25, 0.3) is 0 Å². The maximum Gasteiger partial charge on any atom is 0.371 e. The Morgan fingerprint density at radius 3 is 2.82 bits per heavy atom. The van der Waals surface area contributed by atoms with E-state index in [0.717, 1.165) is 6.54 Å². The van der Waals surface area contributed by atoms with Gasteiger partial charge < -0.3 is 14.8 Å². The average molecular weight is 255 g/mol. The summed E-state index contributed by atoms with van der Waals surface area (Å²) in [5, 5.41) is 12.2. The molecule has 0 bridgehead atoms. The van der Waals surface area contributed by atoms with E-state index < -0.39 is 5.97 Å². The molecule has 1 aliphatic carbocycles. The summed E-state index contributed by atoms with van der Waals surface area (Å²) in [7, 11) is 0. The van der Waals surface area contributed by atoms with Gasteiger partial charge in [0.15, 0.2) is 0 Å². The first-order chi connectivity index (χ1) is 8.06. The first-order valence-electron chi connectivity index (χ1n) is 5.68. The quantitative estimate of drug-likeness (QED) is 0.818. The minimum atomic E-state index is -1.02. The molecule has 1 fully saturated rings. The van der Waals surface area contributed by atoms with Gasteiger partial charge in [-0.2, -0.15) is 11.8 Å². The Hall–Kier alpha value is -0.940. The maximum atomic E-state index is 10.7. The van der Waals surface area contributed by atoms with Crippen molar-refractivity contribution in [3.05, 3.63) is 23.7 Å². The molecule has 1 saturated carbocycles. The molecule has 1 heterocycles. The summed E-state index contributed by atoms with van der Waals surface area (Å²) in [6, 6.07) is 3.27. The number of rotatable bonds is 6. The molecule has 0 aliphatic heterocycles. The number of nitrogens with one attached hydrogen (secondary N) is 1. The summed E-state index contributed by atoms with van der Waals surface area (Å²) < 4.78 is 5.66. The maximum absolute atomic E-state index is 10.7. The van der Waals surface area contributed by atoms with E-state index in [1.165, 1.54) is 18.9 Å². The van der Waals surface area contributed by atoms with Gasteiger partial charge in [-0.1, -0.05) is 0 Å². The van der Waals surface area contributed by atoms with Crippen LogP contribution in [0, 0.1) is 0 Å². The number of aromatic carboxylic acids is 1. The van der Waals surface area contributed by atoms with E-state index >= 15 is 0 Å². The molecule has 0 amide bonds. The van der Waals surface area contributed by atoms with Crippen LogP contribution in [0.4, 0.5) is 0 Å². The van der Waals surface area contributed by atoms with Gasteiger partial charge in [0.2, 0.25) is 5.76 Å². The second kappa shape index (κ2) is 4.74. The van der Waals surface area contributed by atoms with Crippen molar-refractivity contribution in [3.63, 3.8) is 0 Å². The van der Waals surface area contributed by atoms with Crippen LogP contribution in [0.3, 0.4) is 0 Å². The SMILES string of the molecule is CSC1(CNC(C)c2ccc(C(=O)O)o2)CC1. The third-order valence-electron chi connectivity index (χ3n) is 3.24. The molecular formula is C12H17NO3S. The van der Waals surface area contributed by atoms with Crippen molar-refractivity contribution in [2.75, 3.05) is 12.8 Å². The largest absolute Gasteiger partial charge is 0.475 e. The molecular weight excluding hydrogens is 238 g/mol. The lowest BCUT2D eigenvalue weighted by atomic mass is 10.2. The summed E-state index contributed by atoms with van der Waals surface area (Å²) in [6.45, 7) is 2.93. The minimum Gasteiger partial charge on any atom is -0.475 e. The molecule has 0 saturated heterocycles. The van der Waals surface area contributed by atoms with Crippen LogP contribution in [0.1, 0.15) is 42.1 Å². The van der Waals surface area contributed by atoms with Crippen LogP contribution in [0.5, 0.6) is 0 Å². The monoisotopic (exact) mass is 255 g/mol. The van der Waals surface area contributed by atoms with Crippen molar-refractivity contribution in [1.82, 2.24) is 5.32 Å². The Labute approximate surface area is 105 Å². The van der Waals surface area contributed by atoms with E-state index in [2.05, 4.69) is 11.6 Å². The highest BCUT2D eigenvalue weighted by atomic mass is 32.2. The predicted molar refractivity (Wildman–Crippen MR) is 67.6 cm³/mol. The molecule has 0 radical (unpaired) electrons. The van der Waals surface area contributed by atoms with E-state index in [1.807, 2.05) is 18.7 Å². The normalized spacial score (nSPS) is 18.9. The Kier molecular flexibility index (Phi) is 3.49. The number of carboxylic acid groups (broad SMARTS) is 1. The third-order valence-corrected chi connectivity index (χ3v) is 4.65. The van der Waals surface area contributed by atoms with Crippen LogP contribution in [-0.2, 0) is 0 Å². The molecule has 1 atom stereocenters. The molecule has 5 heteroatoms. The Morgan fingerprint density at radius 1 is 1.65 bits per heavy atom. The fraction of sp³-hybridized carbons (Fsp3) is 0.583. The molecule has 2 N–H and O–H groups in total. The fourth-order valence-electron chi connectivity index (χ4n) is 1.73. The second-order valence-electron chi connectivity index (χ2n) is 4.50. The van der Waals surface area contributed by atoms with Gasteiger partial charge in [0.1, 0.15) is 5.76 Å². The van der Waals surface area contributed by atoms with Crippen LogP contribution in [0.15, 0.2) is 16.5 Å². The lowest BCUT2D eigenvalue weighted by molar-refractivity contribution is 0.0659. The fourth-order valence-corrected chi connectivity index (χ4v) is 2.47. The Morgan fingerprint density at radius 2 is 2.35 bits per heavy atom. The van der Waals surface area contributed by atoms with Gasteiger partial charge in [-0.15, -0.1) is 0 Å². The molecule has 2 rings (SSSR count). The third kappa shape index (κ3) is 2.84. The minimum absolute atomic E-state index is 0.000322. The van der Waals surface area contributed by atoms with E-state index in [9.17, 15) is 4.79 Å². The van der Waals surface area contributed by atoms with Crippen LogP contribution in [0.25, 0.3) is 0 Å². The predicted octanol–water partition coefficient (Wildman–Crippen LogP) is 2.52. The zero-order valence-electron chi connectivity index (χ0n) is 10.0. The van der Waals surface area contributed by atoms with Crippen molar-refractivity contribution in [2.45, 2.75) is 30.6 Å². The molecule has 4 nitrogen and oxygen atoms in total. The zero-order valence-corrected chi connectivity index (χ0v) is 10.8. The number of furan rings is 1. The van der Waals surface area contributed by atoms with Gasteiger partial charge in [-0.3, -0.25) is 0 Å². The van der Waals surface area contributed by atoms with Crippen LogP contribution >= 0.6 is 11.8 Å². The van der Waals surface area contributed by atoms with Crippen molar-refractivity contribution in [1.29, 1.82) is 0 Å². The molecule has 94 valence electrons. The summed E-state index contributed by atoms with van der Waals surface area (Å²) >= 11 is 1.90. The van der Waals surface area contributed by atoms with E-state index in [-0.39, 0.29) is 11.8 Å². The highest BCUT2D eigenvalue weighted by molar-refractivity contribution is 8.00. The summed E-state index contributed by atoms with van der Waals surface area (Å²) in [6.07, 6.45) is 4.65. The lowest BCUT2D eigenvalue weighted by Crippen LogP contribution is -2.28. The molecule has 0 spiro atoms. The number of thioether (sulfide) groups is 1. The highest BCUT2D eigenvalue weighted by Gasteiger charge is 2.41. The first-order valence-corrected chi connectivity index (χ1v) is 6.90. The van der Waals surface area contributed by atoms with Crippen LogP contribution in [0.2, 0.25) is 0 Å². The number of carboxylic acids is 1. The van der Waals surface area contributed by atoms with Crippen molar-refractivity contribution in [2.24, 2.45) is 0 Å². The smallest absolute Gasteiger partial charge is 0.371 e. The average Bonchev–Trinajstić information content (AvgIpc) is 2.92. The number of carbonyl (C=O) groups is 1. The van der Waals surface area contributed by atoms with Gasteiger partial charge >= 0.3 is 5.97 Å². The summed E-state index contributed by atoms with van der Waals surface area (Å²) in [5.74, 6) is -0.342. The van der Waals surface area contributed by atoms with E-state index in [4.69, 9.17) is 9.52 Å². The highest BCUT2D eigenvalue weighted by Crippen LogP contribution is 2.46. The van der Waals surface area contributed by atoms with Gasteiger partial charge in [0.05, 0.1) is 6.04 Å². The van der Waals surface area contributed by atoms with Gasteiger partial charge in [0, 0.05) is 11.3 Å². The van der Waals surface area contributed by atoms with Crippen molar-refractivity contribution < 1.29 is 14.3 Å². The zero-order chi connectivity index (χ0) is 12.5. The first kappa shape index (κ1) is 12.5. The standard InChI is InChI=1S/C12H17NO3S/c1-8(13-7-12(17-2)5-6-12)9-3-4-10(16-9)11(14)15/h3-4,8,13H,5-7H2,1-2H3,(H,14,15). The second-order valence-corrected chi connectivity index (χ2v) is 5.77. The van der Waals surface area contributed by atoms with E-state index in [1.54, 1.807) is 6.07 Å². The van der Waals surface area contributed by atoms with E-state index in [0.29, 0.717) is 10.5 Å². The van der Waals surface area contributed by atoms with Crippen LogP contribution < -0.4 is 5.32 Å².